The van der Waals surface area contributed by atoms with Crippen LogP contribution in [-0.2, 0) is 17.9 Å². The number of nitrogens with zero attached hydrogens (tertiary/aromatic N) is 3. The summed E-state index contributed by atoms with van der Waals surface area (Å²) in [5, 5.41) is 10.3. The van der Waals surface area contributed by atoms with E-state index in [1.807, 2.05) is 41.3 Å². The first kappa shape index (κ1) is 22.4. The lowest BCUT2D eigenvalue weighted by molar-refractivity contribution is -0.129. The smallest absolute Gasteiger partial charge is 0.262 e. The van der Waals surface area contributed by atoms with Crippen LogP contribution in [0.4, 0.5) is 0 Å². The van der Waals surface area contributed by atoms with Gasteiger partial charge in [-0.05, 0) is 49.1 Å². The minimum absolute atomic E-state index is 0.0143. The van der Waals surface area contributed by atoms with E-state index < -0.39 is 0 Å². The highest BCUT2D eigenvalue weighted by molar-refractivity contribution is 7.99. The molecular weight excluding hydrogens is 426 g/mol. The van der Waals surface area contributed by atoms with Gasteiger partial charge >= 0.3 is 0 Å². The fraction of sp³-hybridized carbons (Fsp3) is 0.375. The molecule has 1 saturated carbocycles. The fourth-order valence-electron chi connectivity index (χ4n) is 3.63. The highest BCUT2D eigenvalue weighted by Gasteiger charge is 2.32. The number of fused-ring (bicyclic) bond motifs is 1. The van der Waals surface area contributed by atoms with E-state index in [0.717, 1.165) is 24.2 Å². The van der Waals surface area contributed by atoms with Gasteiger partial charge in [-0.3, -0.25) is 14.2 Å². The summed E-state index contributed by atoms with van der Waals surface area (Å²) in [6.07, 6.45) is 2.48. The molecule has 3 aromatic rings. The lowest BCUT2D eigenvalue weighted by atomic mass is 10.2. The average molecular weight is 454 g/mol. The Morgan fingerprint density at radius 1 is 1.22 bits per heavy atom. The molecule has 1 aliphatic carbocycles. The Labute approximate surface area is 191 Å². The molecule has 1 aromatic heterocycles. The molecule has 1 aliphatic rings. The second kappa shape index (κ2) is 10.2. The lowest BCUT2D eigenvalue weighted by Gasteiger charge is -2.23. The number of para-hydroxylation sites is 1. The first-order valence-corrected chi connectivity index (χ1v) is 11.7. The van der Waals surface area contributed by atoms with E-state index in [0.29, 0.717) is 35.6 Å². The number of carbonyl (C=O) groups is 1. The summed E-state index contributed by atoms with van der Waals surface area (Å²) in [6, 6.07) is 15.2. The Hall–Kier alpha value is -2.84. The first-order chi connectivity index (χ1) is 15.6. The topological polar surface area (TPSA) is 84.7 Å². The van der Waals surface area contributed by atoms with Gasteiger partial charge in [0.25, 0.3) is 5.56 Å². The van der Waals surface area contributed by atoms with Crippen LogP contribution in [0.5, 0.6) is 5.75 Å². The van der Waals surface area contributed by atoms with E-state index in [1.54, 1.807) is 23.8 Å². The second-order valence-electron chi connectivity index (χ2n) is 7.84. The molecule has 0 saturated heterocycles. The van der Waals surface area contributed by atoms with Gasteiger partial charge in [-0.2, -0.15) is 0 Å². The Kier molecular flexibility index (Phi) is 7.12. The molecule has 0 atom stereocenters. The normalized spacial score (nSPS) is 13.3. The van der Waals surface area contributed by atoms with Crippen molar-refractivity contribution in [2.24, 2.45) is 0 Å². The van der Waals surface area contributed by atoms with Crippen LogP contribution >= 0.6 is 11.8 Å². The number of benzene rings is 2. The standard InChI is InChI=1S/C24H27N3O4S/c1-31-19-11-7-17(8-12-19)15-27(18-9-10-18)22(29)16-32-24-25-21-6-3-2-5-20(21)23(30)26(24)13-4-14-28/h2-3,5-8,11-12,18,28H,4,9-10,13-16H2,1H3. The van der Waals surface area contributed by atoms with Crippen molar-refractivity contribution in [1.29, 1.82) is 0 Å². The maximum Gasteiger partial charge on any atom is 0.262 e. The summed E-state index contributed by atoms with van der Waals surface area (Å²) in [5.41, 5.74) is 1.53. The Morgan fingerprint density at radius 2 is 1.97 bits per heavy atom. The number of hydrogen-bond donors (Lipinski definition) is 1. The summed E-state index contributed by atoms with van der Waals surface area (Å²) in [7, 11) is 1.63. The predicted molar refractivity (Wildman–Crippen MR) is 125 cm³/mol. The van der Waals surface area contributed by atoms with E-state index in [-0.39, 0.29) is 29.9 Å². The number of aliphatic hydroxyl groups is 1. The van der Waals surface area contributed by atoms with Gasteiger partial charge in [-0.15, -0.1) is 0 Å². The van der Waals surface area contributed by atoms with Crippen LogP contribution in [0.25, 0.3) is 10.9 Å². The third kappa shape index (κ3) is 5.14. The number of ether oxygens (including phenoxy) is 1. The van der Waals surface area contributed by atoms with Crippen molar-refractivity contribution in [3.63, 3.8) is 0 Å². The minimum Gasteiger partial charge on any atom is -0.497 e. The molecule has 0 bridgehead atoms. The number of hydrogen-bond acceptors (Lipinski definition) is 6. The summed E-state index contributed by atoms with van der Waals surface area (Å²) in [4.78, 5) is 32.7. The van der Waals surface area contributed by atoms with E-state index in [9.17, 15) is 14.7 Å². The SMILES string of the molecule is COc1ccc(CN(C(=O)CSc2nc3ccccc3c(=O)n2CCCO)C2CC2)cc1. The zero-order valence-electron chi connectivity index (χ0n) is 18.1. The van der Waals surface area contributed by atoms with E-state index >= 15 is 0 Å². The second-order valence-corrected chi connectivity index (χ2v) is 8.78. The Morgan fingerprint density at radius 3 is 2.66 bits per heavy atom. The summed E-state index contributed by atoms with van der Waals surface area (Å²) >= 11 is 1.28. The molecule has 1 amide bonds. The minimum atomic E-state index is -0.142. The number of thioether (sulfide) groups is 1. The summed E-state index contributed by atoms with van der Waals surface area (Å²) in [6.45, 7) is 0.901. The highest BCUT2D eigenvalue weighted by Crippen LogP contribution is 2.30. The van der Waals surface area contributed by atoms with Gasteiger partial charge in [0.05, 0.1) is 23.8 Å². The van der Waals surface area contributed by atoms with Crippen molar-refractivity contribution in [2.75, 3.05) is 19.5 Å². The van der Waals surface area contributed by atoms with Crippen LogP contribution in [0.2, 0.25) is 0 Å². The average Bonchev–Trinajstić information content (AvgIpc) is 3.66. The van der Waals surface area contributed by atoms with Gasteiger partial charge in [0.2, 0.25) is 5.91 Å². The number of aromatic nitrogens is 2. The van der Waals surface area contributed by atoms with Gasteiger partial charge in [-0.1, -0.05) is 36.0 Å². The van der Waals surface area contributed by atoms with Crippen molar-refractivity contribution in [3.05, 3.63) is 64.4 Å². The molecule has 0 spiro atoms. The molecule has 0 aliphatic heterocycles. The monoisotopic (exact) mass is 453 g/mol. The predicted octanol–water partition coefficient (Wildman–Crippen LogP) is 3.07. The largest absolute Gasteiger partial charge is 0.497 e. The van der Waals surface area contributed by atoms with Gasteiger partial charge in [-0.25, -0.2) is 4.98 Å². The van der Waals surface area contributed by atoms with Crippen LogP contribution in [0.1, 0.15) is 24.8 Å². The number of rotatable bonds is 10. The van der Waals surface area contributed by atoms with Crippen LogP contribution < -0.4 is 10.3 Å². The molecular formula is C24H27N3O4S. The van der Waals surface area contributed by atoms with Crippen molar-refractivity contribution in [3.8, 4) is 5.75 Å². The molecule has 1 fully saturated rings. The van der Waals surface area contributed by atoms with Crippen molar-refractivity contribution in [2.45, 2.75) is 43.6 Å². The Bertz CT molecular complexity index is 1140. The molecule has 8 heteroatoms. The fourth-order valence-corrected chi connectivity index (χ4v) is 4.54. The molecule has 1 heterocycles. The zero-order valence-corrected chi connectivity index (χ0v) is 18.9. The summed E-state index contributed by atoms with van der Waals surface area (Å²) in [5.74, 6) is 1.03. The molecule has 1 N–H and O–H groups in total. The Balaban J connectivity index is 1.51. The number of carbonyl (C=O) groups excluding carboxylic acids is 1. The molecule has 4 rings (SSSR count). The van der Waals surface area contributed by atoms with Crippen LogP contribution in [-0.4, -0.2) is 51.0 Å². The van der Waals surface area contributed by atoms with Gasteiger partial charge in [0.1, 0.15) is 5.75 Å². The van der Waals surface area contributed by atoms with Crippen LogP contribution in [0, 0.1) is 0 Å². The van der Waals surface area contributed by atoms with Gasteiger partial charge in [0, 0.05) is 25.7 Å². The third-order valence-electron chi connectivity index (χ3n) is 5.51. The number of aliphatic hydroxyl groups excluding tert-OH is 1. The number of amides is 1. The molecule has 168 valence electrons. The van der Waals surface area contributed by atoms with Crippen molar-refractivity contribution < 1.29 is 14.6 Å². The maximum atomic E-state index is 13.1. The molecule has 0 unspecified atom stereocenters. The first-order valence-electron chi connectivity index (χ1n) is 10.8. The molecule has 32 heavy (non-hydrogen) atoms. The maximum absolute atomic E-state index is 13.1. The van der Waals surface area contributed by atoms with Crippen molar-refractivity contribution in [1.82, 2.24) is 14.5 Å². The zero-order chi connectivity index (χ0) is 22.5. The van der Waals surface area contributed by atoms with Gasteiger partial charge < -0.3 is 14.7 Å². The van der Waals surface area contributed by atoms with E-state index in [2.05, 4.69) is 4.98 Å². The third-order valence-corrected chi connectivity index (χ3v) is 6.47. The quantitative estimate of drug-likeness (QED) is 0.375. The molecule has 0 radical (unpaired) electrons. The molecule has 2 aromatic carbocycles. The van der Waals surface area contributed by atoms with Crippen molar-refractivity contribution >= 4 is 28.6 Å². The molecule has 7 nitrogen and oxygen atoms in total. The highest BCUT2D eigenvalue weighted by atomic mass is 32.2. The summed E-state index contributed by atoms with van der Waals surface area (Å²) < 4.78 is 6.78. The van der Waals surface area contributed by atoms with Crippen LogP contribution in [0.3, 0.4) is 0 Å². The van der Waals surface area contributed by atoms with E-state index in [1.165, 1.54) is 11.8 Å². The lowest BCUT2D eigenvalue weighted by Crippen LogP contribution is -2.34. The van der Waals surface area contributed by atoms with Crippen LogP contribution in [0.15, 0.2) is 58.5 Å². The number of methoxy groups -OCH3 is 1. The van der Waals surface area contributed by atoms with E-state index in [4.69, 9.17) is 4.74 Å². The van der Waals surface area contributed by atoms with Gasteiger partial charge in [0.15, 0.2) is 5.16 Å².